The quantitative estimate of drug-likeness (QED) is 0.379. The van der Waals surface area contributed by atoms with E-state index >= 15 is 0 Å². The van der Waals surface area contributed by atoms with E-state index < -0.39 is 11.9 Å². The van der Waals surface area contributed by atoms with Crippen molar-refractivity contribution in [2.75, 3.05) is 7.11 Å². The molecule has 2 heterocycles. The summed E-state index contributed by atoms with van der Waals surface area (Å²) in [7, 11) is 1.55. The summed E-state index contributed by atoms with van der Waals surface area (Å²) in [4.78, 5) is 21.2. The highest BCUT2D eigenvalue weighted by Gasteiger charge is 2.32. The van der Waals surface area contributed by atoms with E-state index in [4.69, 9.17) is 9.47 Å². The van der Waals surface area contributed by atoms with Crippen LogP contribution in [0.15, 0.2) is 54.1 Å². The number of hydrogen-bond acceptors (Lipinski definition) is 7. The highest BCUT2D eigenvalue weighted by atomic mass is 19.4. The van der Waals surface area contributed by atoms with Crippen molar-refractivity contribution in [1.29, 1.82) is 0 Å². The maximum atomic E-state index is 12.6. The molecular weight excluding hydrogens is 459 g/mol. The summed E-state index contributed by atoms with van der Waals surface area (Å²) in [5, 5.41) is 0. The van der Waals surface area contributed by atoms with Crippen LogP contribution in [0.2, 0.25) is 0 Å². The lowest BCUT2D eigenvalue weighted by Crippen LogP contribution is -2.09. The molecular formula is C25H24F3N5O2. The second kappa shape index (κ2) is 9.81. The summed E-state index contributed by atoms with van der Waals surface area (Å²) >= 11 is 0. The van der Waals surface area contributed by atoms with Gasteiger partial charge in [-0.25, -0.2) is 15.0 Å². The van der Waals surface area contributed by atoms with Crippen LogP contribution in [0.25, 0.3) is 11.4 Å². The molecule has 2 aromatic heterocycles. The molecule has 1 aliphatic rings. The molecule has 35 heavy (non-hydrogen) atoms. The second-order valence-electron chi connectivity index (χ2n) is 8.23. The number of methoxy groups -OCH3 is 1. The van der Waals surface area contributed by atoms with Crippen molar-refractivity contribution in [1.82, 2.24) is 19.9 Å². The van der Waals surface area contributed by atoms with Crippen molar-refractivity contribution < 1.29 is 22.6 Å². The normalized spacial score (nSPS) is 14.7. The molecule has 1 aromatic carbocycles. The maximum absolute atomic E-state index is 12.6. The van der Waals surface area contributed by atoms with Crippen molar-refractivity contribution in [3.05, 3.63) is 71.4 Å². The van der Waals surface area contributed by atoms with Gasteiger partial charge in [0.2, 0.25) is 11.8 Å². The van der Waals surface area contributed by atoms with Crippen LogP contribution < -0.4 is 9.47 Å². The van der Waals surface area contributed by atoms with Gasteiger partial charge in [0, 0.05) is 23.9 Å². The molecule has 0 radical (unpaired) electrons. The molecule has 0 bridgehead atoms. The zero-order valence-electron chi connectivity index (χ0n) is 19.5. The number of ether oxygens (including phenoxy) is 2. The standard InChI is InChI=1S/C25H24F3N5O2/c1-14-11-30-22(20-21(19-9-10-19)31-13-32-24(20)34-4)33-23(14)35-15(2)18-7-5-17(6-8-18)12-29-16(3)25(26,27)28/h5-8,11-13,15,19H,3,9-10H2,1-2,4H3/t15-/m0/s1. The first kappa shape index (κ1) is 24.3. The average Bonchev–Trinajstić information content (AvgIpc) is 3.68. The van der Waals surface area contributed by atoms with E-state index in [1.807, 2.05) is 13.8 Å². The summed E-state index contributed by atoms with van der Waals surface area (Å²) < 4.78 is 49.2. The van der Waals surface area contributed by atoms with Gasteiger partial charge in [-0.3, -0.25) is 4.99 Å². The summed E-state index contributed by atoms with van der Waals surface area (Å²) in [6.07, 6.45) is 1.44. The third kappa shape index (κ3) is 5.64. The molecule has 1 aliphatic carbocycles. The number of rotatable bonds is 8. The minimum atomic E-state index is -4.55. The molecule has 0 saturated heterocycles. The van der Waals surface area contributed by atoms with Crippen LogP contribution >= 0.6 is 0 Å². The smallest absolute Gasteiger partial charge is 0.432 e. The van der Waals surface area contributed by atoms with Gasteiger partial charge in [-0.05, 0) is 37.8 Å². The molecule has 7 nitrogen and oxygen atoms in total. The Balaban J connectivity index is 1.54. The van der Waals surface area contributed by atoms with Gasteiger partial charge in [0.05, 0.1) is 12.8 Å². The SMILES string of the molecule is C=C(N=Cc1ccc([C@H](C)Oc2nc(-c3c(OC)ncnc3C3CC3)ncc2C)cc1)C(F)(F)F. The summed E-state index contributed by atoms with van der Waals surface area (Å²) in [5.74, 6) is 1.58. The Morgan fingerprint density at radius 3 is 2.49 bits per heavy atom. The largest absolute Gasteiger partial charge is 0.480 e. The first-order valence-electron chi connectivity index (χ1n) is 11.0. The van der Waals surface area contributed by atoms with E-state index in [0.717, 1.165) is 35.9 Å². The Kier molecular flexibility index (Phi) is 6.81. The number of allylic oxidation sites excluding steroid dienone is 1. The summed E-state index contributed by atoms with van der Waals surface area (Å²) in [6, 6.07) is 6.85. The number of aromatic nitrogens is 4. The summed E-state index contributed by atoms with van der Waals surface area (Å²) in [6.45, 7) is 6.63. The van der Waals surface area contributed by atoms with E-state index in [1.165, 1.54) is 6.33 Å². The van der Waals surface area contributed by atoms with Crippen molar-refractivity contribution in [3.63, 3.8) is 0 Å². The van der Waals surface area contributed by atoms with Gasteiger partial charge in [0.15, 0.2) is 5.82 Å². The molecule has 182 valence electrons. The lowest BCUT2D eigenvalue weighted by atomic mass is 10.1. The highest BCUT2D eigenvalue weighted by molar-refractivity contribution is 5.80. The Labute approximate surface area is 200 Å². The predicted molar refractivity (Wildman–Crippen MR) is 125 cm³/mol. The lowest BCUT2D eigenvalue weighted by molar-refractivity contribution is -0.0918. The number of aliphatic imine (C=N–C) groups is 1. The maximum Gasteiger partial charge on any atom is 0.432 e. The van der Waals surface area contributed by atoms with E-state index in [2.05, 4.69) is 31.5 Å². The molecule has 1 fully saturated rings. The Morgan fingerprint density at radius 1 is 1.14 bits per heavy atom. The first-order valence-corrected chi connectivity index (χ1v) is 11.0. The zero-order valence-corrected chi connectivity index (χ0v) is 19.5. The third-order valence-corrected chi connectivity index (χ3v) is 5.54. The monoisotopic (exact) mass is 483 g/mol. The van der Waals surface area contributed by atoms with E-state index in [0.29, 0.717) is 34.6 Å². The van der Waals surface area contributed by atoms with Crippen LogP contribution in [0.1, 0.15) is 54.2 Å². The lowest BCUT2D eigenvalue weighted by Gasteiger charge is -2.17. The van der Waals surface area contributed by atoms with Crippen molar-refractivity contribution in [2.24, 2.45) is 4.99 Å². The van der Waals surface area contributed by atoms with Crippen molar-refractivity contribution in [3.8, 4) is 23.1 Å². The summed E-state index contributed by atoms with van der Waals surface area (Å²) in [5.41, 5.74) is 2.45. The molecule has 0 spiro atoms. The number of nitrogens with zero attached hydrogens (tertiary/aromatic N) is 5. The molecule has 4 rings (SSSR count). The van der Waals surface area contributed by atoms with Crippen LogP contribution in [-0.2, 0) is 0 Å². The fourth-order valence-electron chi connectivity index (χ4n) is 3.39. The number of halogens is 3. The molecule has 10 heteroatoms. The predicted octanol–water partition coefficient (Wildman–Crippen LogP) is 5.76. The van der Waals surface area contributed by atoms with Gasteiger partial charge in [0.25, 0.3) is 0 Å². The third-order valence-electron chi connectivity index (χ3n) is 5.54. The number of aryl methyl sites for hydroxylation is 1. The van der Waals surface area contributed by atoms with Crippen LogP contribution in [0.3, 0.4) is 0 Å². The number of benzene rings is 1. The molecule has 1 atom stereocenters. The number of hydrogen-bond donors (Lipinski definition) is 0. The van der Waals surface area contributed by atoms with Gasteiger partial charge in [-0.15, -0.1) is 0 Å². The fraction of sp³-hybridized carbons (Fsp3) is 0.320. The van der Waals surface area contributed by atoms with Gasteiger partial charge < -0.3 is 9.47 Å². The minimum Gasteiger partial charge on any atom is -0.480 e. The average molecular weight is 483 g/mol. The highest BCUT2D eigenvalue weighted by Crippen LogP contribution is 2.45. The molecule has 0 unspecified atom stereocenters. The van der Waals surface area contributed by atoms with Gasteiger partial charge >= 0.3 is 6.18 Å². The Bertz CT molecular complexity index is 1250. The van der Waals surface area contributed by atoms with E-state index in [1.54, 1.807) is 37.6 Å². The van der Waals surface area contributed by atoms with Crippen molar-refractivity contribution >= 4 is 6.21 Å². The number of alkyl halides is 3. The fourth-order valence-corrected chi connectivity index (χ4v) is 3.39. The molecule has 0 amide bonds. The zero-order chi connectivity index (χ0) is 25.2. The Hall–Kier alpha value is -3.82. The van der Waals surface area contributed by atoms with Crippen LogP contribution in [0.5, 0.6) is 11.8 Å². The van der Waals surface area contributed by atoms with Gasteiger partial charge in [-0.1, -0.05) is 30.8 Å². The molecule has 1 saturated carbocycles. The van der Waals surface area contributed by atoms with E-state index in [-0.39, 0.29) is 6.10 Å². The molecule has 3 aromatic rings. The minimum absolute atomic E-state index is 0.338. The van der Waals surface area contributed by atoms with Gasteiger partial charge in [0.1, 0.15) is 23.7 Å². The van der Waals surface area contributed by atoms with Crippen molar-refractivity contribution in [2.45, 2.75) is 44.9 Å². The molecule has 0 aliphatic heterocycles. The Morgan fingerprint density at radius 2 is 1.86 bits per heavy atom. The molecule has 0 N–H and O–H groups in total. The topological polar surface area (TPSA) is 82.4 Å². The first-order chi connectivity index (χ1) is 16.7. The van der Waals surface area contributed by atoms with Gasteiger partial charge in [-0.2, -0.15) is 18.2 Å². The van der Waals surface area contributed by atoms with Crippen LogP contribution in [0.4, 0.5) is 13.2 Å². The van der Waals surface area contributed by atoms with Crippen LogP contribution in [0, 0.1) is 6.92 Å². The van der Waals surface area contributed by atoms with E-state index in [9.17, 15) is 13.2 Å². The van der Waals surface area contributed by atoms with Crippen LogP contribution in [-0.4, -0.2) is 39.4 Å². The second-order valence-corrected chi connectivity index (χ2v) is 8.23.